The number of halogens is 1. The fourth-order valence-corrected chi connectivity index (χ4v) is 5.38. The summed E-state index contributed by atoms with van der Waals surface area (Å²) >= 11 is 6.06. The van der Waals surface area contributed by atoms with E-state index in [4.69, 9.17) is 16.3 Å². The van der Waals surface area contributed by atoms with Gasteiger partial charge in [0.15, 0.2) is 0 Å². The van der Waals surface area contributed by atoms with Crippen LogP contribution in [0.3, 0.4) is 0 Å². The molecule has 0 bridgehead atoms. The molecule has 6 heteroatoms. The van der Waals surface area contributed by atoms with E-state index in [-0.39, 0.29) is 6.10 Å². The predicted octanol–water partition coefficient (Wildman–Crippen LogP) is 4.90. The topological polar surface area (TPSA) is 53.0 Å². The third kappa shape index (κ3) is 6.72. The van der Waals surface area contributed by atoms with Crippen LogP contribution in [0.2, 0.25) is 5.02 Å². The number of benzene rings is 2. The summed E-state index contributed by atoms with van der Waals surface area (Å²) in [6.45, 7) is 6.99. The minimum absolute atomic E-state index is 0.261. The molecule has 4 rings (SSSR count). The van der Waals surface area contributed by atoms with Crippen LogP contribution in [0.4, 0.5) is 0 Å². The molecule has 2 saturated heterocycles. The number of piperidine rings is 2. The van der Waals surface area contributed by atoms with Gasteiger partial charge in [0.25, 0.3) is 0 Å². The molecule has 2 aliphatic rings. The number of aryl methyl sites for hydroxylation is 1. The summed E-state index contributed by atoms with van der Waals surface area (Å²) in [6.07, 6.45) is 5.05. The van der Waals surface area contributed by atoms with Crippen LogP contribution >= 0.6 is 11.6 Å². The zero-order chi connectivity index (χ0) is 23.2. The Kier molecular flexibility index (Phi) is 8.29. The summed E-state index contributed by atoms with van der Waals surface area (Å²) in [5.74, 6) is 0.868. The van der Waals surface area contributed by atoms with Gasteiger partial charge >= 0.3 is 5.97 Å². The Morgan fingerprint density at radius 3 is 2.39 bits per heavy atom. The van der Waals surface area contributed by atoms with Crippen molar-refractivity contribution in [2.24, 2.45) is 5.92 Å². The average Bonchev–Trinajstić information content (AvgIpc) is 2.82. The molecule has 1 unspecified atom stereocenters. The van der Waals surface area contributed by atoms with Gasteiger partial charge in [-0.1, -0.05) is 41.9 Å². The number of rotatable bonds is 8. The zero-order valence-electron chi connectivity index (χ0n) is 19.5. The molecule has 1 N–H and O–H groups in total. The van der Waals surface area contributed by atoms with Crippen molar-refractivity contribution >= 4 is 17.6 Å². The largest absolute Gasteiger partial charge is 0.490 e. The van der Waals surface area contributed by atoms with E-state index < -0.39 is 12.0 Å². The van der Waals surface area contributed by atoms with Gasteiger partial charge in [-0.2, -0.15) is 0 Å². The van der Waals surface area contributed by atoms with Crippen molar-refractivity contribution in [3.8, 4) is 5.75 Å². The first-order valence-corrected chi connectivity index (χ1v) is 12.5. The van der Waals surface area contributed by atoms with Crippen LogP contribution < -0.4 is 4.74 Å². The molecule has 2 aliphatic heterocycles. The molecular formula is C27H35ClN2O3. The second kappa shape index (κ2) is 11.4. The first-order valence-electron chi connectivity index (χ1n) is 12.1. The first kappa shape index (κ1) is 24.1. The van der Waals surface area contributed by atoms with E-state index >= 15 is 0 Å². The Balaban J connectivity index is 1.20. The number of nitrogens with zero attached hydrogens (tertiary/aromatic N) is 2. The van der Waals surface area contributed by atoms with E-state index in [0.717, 1.165) is 80.3 Å². The SMILES string of the molecule is Cc1cc(Cl)ccc1OC1CCN(CC2CCN(C(Cc3ccccc3)C(=O)O)CC2)CC1. The van der Waals surface area contributed by atoms with Gasteiger partial charge in [0.2, 0.25) is 0 Å². The molecule has 2 fully saturated rings. The number of ether oxygens (including phenoxy) is 1. The molecular weight excluding hydrogens is 436 g/mol. The standard InChI is InChI=1S/C27H35ClN2O3/c1-20-17-23(28)7-8-26(20)33-24-11-13-29(14-12-24)19-22-9-15-30(16-10-22)25(27(31)32)18-21-5-3-2-4-6-21/h2-8,17,22,24-25H,9-16,18-19H2,1H3,(H,31,32). The molecule has 0 radical (unpaired) electrons. The second-order valence-corrected chi connectivity index (χ2v) is 9.99. The fourth-order valence-electron chi connectivity index (χ4n) is 5.16. The summed E-state index contributed by atoms with van der Waals surface area (Å²) in [4.78, 5) is 16.7. The molecule has 2 heterocycles. The molecule has 0 spiro atoms. The van der Waals surface area contributed by atoms with Gasteiger partial charge in [0, 0.05) is 24.7 Å². The molecule has 0 amide bonds. The Bertz CT molecular complexity index is 907. The van der Waals surface area contributed by atoms with Crippen molar-refractivity contribution < 1.29 is 14.6 Å². The van der Waals surface area contributed by atoms with Crippen molar-refractivity contribution in [3.63, 3.8) is 0 Å². The summed E-state index contributed by atoms with van der Waals surface area (Å²) in [7, 11) is 0. The summed E-state index contributed by atoms with van der Waals surface area (Å²) < 4.78 is 6.24. The summed E-state index contributed by atoms with van der Waals surface area (Å²) in [6, 6.07) is 15.3. The van der Waals surface area contributed by atoms with Gasteiger partial charge in [-0.15, -0.1) is 0 Å². The maximum atomic E-state index is 11.9. The monoisotopic (exact) mass is 470 g/mol. The number of carboxylic acid groups (broad SMARTS) is 1. The lowest BCUT2D eigenvalue weighted by molar-refractivity contribution is -0.144. The van der Waals surface area contributed by atoms with E-state index in [1.807, 2.05) is 55.5 Å². The van der Waals surface area contributed by atoms with Crippen LogP contribution in [0.5, 0.6) is 5.75 Å². The molecule has 0 aliphatic carbocycles. The highest BCUT2D eigenvalue weighted by Crippen LogP contribution is 2.27. The Morgan fingerprint density at radius 2 is 1.76 bits per heavy atom. The van der Waals surface area contributed by atoms with Gasteiger partial charge < -0.3 is 14.7 Å². The van der Waals surface area contributed by atoms with Gasteiger partial charge in [0.1, 0.15) is 17.9 Å². The summed E-state index contributed by atoms with van der Waals surface area (Å²) in [5.41, 5.74) is 2.18. The third-order valence-electron chi connectivity index (χ3n) is 7.13. The lowest BCUT2D eigenvalue weighted by atomic mass is 9.93. The average molecular weight is 471 g/mol. The lowest BCUT2D eigenvalue weighted by Gasteiger charge is -2.39. The molecule has 2 aromatic carbocycles. The maximum absolute atomic E-state index is 11.9. The number of hydrogen-bond acceptors (Lipinski definition) is 4. The smallest absolute Gasteiger partial charge is 0.321 e. The Morgan fingerprint density at radius 1 is 1.06 bits per heavy atom. The van der Waals surface area contributed by atoms with Crippen LogP contribution in [0.1, 0.15) is 36.8 Å². The van der Waals surface area contributed by atoms with Crippen LogP contribution in [0.15, 0.2) is 48.5 Å². The maximum Gasteiger partial charge on any atom is 0.321 e. The third-order valence-corrected chi connectivity index (χ3v) is 7.36. The molecule has 2 aromatic rings. The Hall–Kier alpha value is -2.08. The minimum Gasteiger partial charge on any atom is -0.490 e. The minimum atomic E-state index is -0.713. The second-order valence-electron chi connectivity index (χ2n) is 9.55. The fraction of sp³-hybridized carbons (Fsp3) is 0.519. The Labute approximate surface area is 202 Å². The lowest BCUT2D eigenvalue weighted by Crippen LogP contribution is -2.48. The van der Waals surface area contributed by atoms with Crippen LogP contribution in [0, 0.1) is 12.8 Å². The zero-order valence-corrected chi connectivity index (χ0v) is 20.2. The highest BCUT2D eigenvalue weighted by Gasteiger charge is 2.31. The molecule has 0 saturated carbocycles. The van der Waals surface area contributed by atoms with Crippen molar-refractivity contribution in [1.82, 2.24) is 9.80 Å². The first-order chi connectivity index (χ1) is 16.0. The summed E-state index contributed by atoms with van der Waals surface area (Å²) in [5, 5.41) is 10.6. The molecule has 0 aromatic heterocycles. The molecule has 1 atom stereocenters. The highest BCUT2D eigenvalue weighted by atomic mass is 35.5. The predicted molar refractivity (Wildman–Crippen MR) is 132 cm³/mol. The number of aliphatic carboxylic acids is 1. The number of carbonyl (C=O) groups is 1. The number of carboxylic acids is 1. The van der Waals surface area contributed by atoms with Crippen molar-refractivity contribution in [2.45, 2.75) is 51.2 Å². The van der Waals surface area contributed by atoms with E-state index in [0.29, 0.717) is 12.3 Å². The van der Waals surface area contributed by atoms with Crippen molar-refractivity contribution in [1.29, 1.82) is 0 Å². The van der Waals surface area contributed by atoms with Crippen molar-refractivity contribution in [2.75, 3.05) is 32.7 Å². The normalized spacial score (nSPS) is 19.9. The number of hydrogen-bond donors (Lipinski definition) is 1. The molecule has 178 valence electrons. The van der Waals surface area contributed by atoms with Crippen LogP contribution in [-0.2, 0) is 11.2 Å². The molecule has 5 nitrogen and oxygen atoms in total. The van der Waals surface area contributed by atoms with E-state index in [1.165, 1.54) is 0 Å². The van der Waals surface area contributed by atoms with E-state index in [2.05, 4.69) is 9.80 Å². The van der Waals surface area contributed by atoms with Gasteiger partial charge in [0.05, 0.1) is 0 Å². The van der Waals surface area contributed by atoms with Crippen molar-refractivity contribution in [3.05, 3.63) is 64.7 Å². The van der Waals surface area contributed by atoms with E-state index in [1.54, 1.807) is 0 Å². The van der Waals surface area contributed by atoms with Crippen LogP contribution in [0.25, 0.3) is 0 Å². The van der Waals surface area contributed by atoms with Gasteiger partial charge in [-0.25, -0.2) is 0 Å². The highest BCUT2D eigenvalue weighted by molar-refractivity contribution is 6.30. The van der Waals surface area contributed by atoms with Gasteiger partial charge in [-0.3, -0.25) is 9.69 Å². The van der Waals surface area contributed by atoms with E-state index in [9.17, 15) is 9.90 Å². The molecule has 33 heavy (non-hydrogen) atoms. The quantitative estimate of drug-likeness (QED) is 0.594. The van der Waals surface area contributed by atoms with Gasteiger partial charge in [-0.05, 0) is 87.4 Å². The number of likely N-dealkylation sites (tertiary alicyclic amines) is 2. The van der Waals surface area contributed by atoms with Crippen LogP contribution in [-0.4, -0.2) is 65.7 Å².